The Bertz CT molecular complexity index is 1750. The Balaban J connectivity index is 1.26. The van der Waals surface area contributed by atoms with E-state index in [2.05, 4.69) is 15.5 Å². The van der Waals surface area contributed by atoms with Crippen LogP contribution in [-0.4, -0.2) is 48.4 Å². The van der Waals surface area contributed by atoms with Crippen molar-refractivity contribution in [1.82, 2.24) is 19.6 Å². The van der Waals surface area contributed by atoms with E-state index in [1.54, 1.807) is 41.5 Å². The molecule has 3 heterocycles. The summed E-state index contributed by atoms with van der Waals surface area (Å²) in [5.74, 6) is 0.392. The first-order valence-electron chi connectivity index (χ1n) is 15.3. The van der Waals surface area contributed by atoms with Crippen molar-refractivity contribution in [2.75, 3.05) is 5.32 Å². The van der Waals surface area contributed by atoms with Crippen molar-refractivity contribution in [3.8, 4) is 22.9 Å². The van der Waals surface area contributed by atoms with Crippen molar-refractivity contribution >= 4 is 23.2 Å². The first kappa shape index (κ1) is 31.1. The lowest BCUT2D eigenvalue weighted by atomic mass is 9.70. The maximum atomic E-state index is 13.8. The minimum absolute atomic E-state index is 0.0749. The molecule has 1 aliphatic carbocycles. The van der Waals surface area contributed by atoms with E-state index in [1.165, 1.54) is 0 Å². The van der Waals surface area contributed by atoms with E-state index in [1.807, 2.05) is 51.1 Å². The molecule has 0 radical (unpaired) electrons. The first-order valence-corrected chi connectivity index (χ1v) is 15.7. The van der Waals surface area contributed by atoms with Crippen molar-refractivity contribution in [3.63, 3.8) is 0 Å². The SMILES string of the molecule is CC(C)Oc1ccc(Cl)cc1-c1nnc([C@H]2CC[C@H](C)C(C(=O)Nc3c(=O)n(-c4ccccc4)n(C)c3[C@H]3C[C@@](C)(O)C3)O2)o1. The summed E-state index contributed by atoms with van der Waals surface area (Å²) in [5.41, 5.74) is 0.945. The van der Waals surface area contributed by atoms with Gasteiger partial charge in [0.05, 0.1) is 28.6 Å². The zero-order valence-corrected chi connectivity index (χ0v) is 26.7. The van der Waals surface area contributed by atoms with E-state index in [0.717, 1.165) is 0 Å². The molecule has 6 rings (SSSR count). The molecular weight excluding hydrogens is 598 g/mol. The third-order valence-corrected chi connectivity index (χ3v) is 8.78. The number of carbonyl (C=O) groups excluding carboxylic acids is 1. The predicted molar refractivity (Wildman–Crippen MR) is 169 cm³/mol. The van der Waals surface area contributed by atoms with Gasteiger partial charge in [-0.2, -0.15) is 0 Å². The van der Waals surface area contributed by atoms with E-state index in [4.69, 9.17) is 25.5 Å². The van der Waals surface area contributed by atoms with Crippen molar-refractivity contribution in [2.24, 2.45) is 13.0 Å². The number of hydrogen-bond acceptors (Lipinski definition) is 8. The number of benzene rings is 2. The third-order valence-electron chi connectivity index (χ3n) is 8.54. The van der Waals surface area contributed by atoms with Crippen LogP contribution in [0.15, 0.2) is 57.7 Å². The highest BCUT2D eigenvalue weighted by Gasteiger charge is 2.44. The highest BCUT2D eigenvalue weighted by molar-refractivity contribution is 6.30. The molecule has 3 atom stereocenters. The maximum Gasteiger partial charge on any atom is 0.295 e. The van der Waals surface area contributed by atoms with Gasteiger partial charge in [0.15, 0.2) is 0 Å². The number of para-hydroxylation sites is 1. The summed E-state index contributed by atoms with van der Waals surface area (Å²) in [6.45, 7) is 7.56. The highest BCUT2D eigenvalue weighted by atomic mass is 35.5. The summed E-state index contributed by atoms with van der Waals surface area (Å²) < 4.78 is 21.6. The first-order chi connectivity index (χ1) is 21.4. The number of rotatable bonds is 8. The van der Waals surface area contributed by atoms with Gasteiger partial charge in [-0.3, -0.25) is 14.3 Å². The number of hydrogen-bond donors (Lipinski definition) is 2. The molecule has 1 amide bonds. The molecular formula is C33H38ClN5O6. The van der Waals surface area contributed by atoms with Crippen LogP contribution in [0, 0.1) is 5.92 Å². The predicted octanol–water partition coefficient (Wildman–Crippen LogP) is 5.79. The van der Waals surface area contributed by atoms with E-state index in [-0.39, 0.29) is 41.0 Å². The summed E-state index contributed by atoms with van der Waals surface area (Å²) in [7, 11) is 1.80. The summed E-state index contributed by atoms with van der Waals surface area (Å²) in [5, 5.41) is 22.4. The molecule has 45 heavy (non-hydrogen) atoms. The Hall–Kier alpha value is -3.93. The fourth-order valence-corrected chi connectivity index (χ4v) is 6.57. The molecule has 1 unspecified atom stereocenters. The summed E-state index contributed by atoms with van der Waals surface area (Å²) in [6, 6.07) is 14.5. The Morgan fingerprint density at radius 1 is 1.16 bits per heavy atom. The Morgan fingerprint density at radius 3 is 2.58 bits per heavy atom. The van der Waals surface area contributed by atoms with Crippen LogP contribution < -0.4 is 15.6 Å². The van der Waals surface area contributed by atoms with E-state index >= 15 is 0 Å². The second kappa shape index (κ2) is 12.1. The lowest BCUT2D eigenvalue weighted by Gasteiger charge is -2.41. The summed E-state index contributed by atoms with van der Waals surface area (Å²) in [4.78, 5) is 27.7. The van der Waals surface area contributed by atoms with Crippen LogP contribution in [0.25, 0.3) is 17.1 Å². The zero-order chi connectivity index (χ0) is 32.0. The van der Waals surface area contributed by atoms with Gasteiger partial charge < -0.3 is 24.3 Å². The van der Waals surface area contributed by atoms with Gasteiger partial charge in [-0.25, -0.2) is 4.68 Å². The van der Waals surface area contributed by atoms with E-state index < -0.39 is 23.7 Å². The quantitative estimate of drug-likeness (QED) is 0.249. The number of ether oxygens (including phenoxy) is 2. The van der Waals surface area contributed by atoms with Gasteiger partial charge in [0, 0.05) is 18.0 Å². The number of carbonyl (C=O) groups is 1. The Morgan fingerprint density at radius 2 is 1.89 bits per heavy atom. The van der Waals surface area contributed by atoms with Crippen molar-refractivity contribution in [1.29, 1.82) is 0 Å². The van der Waals surface area contributed by atoms with Gasteiger partial charge in [-0.15, -0.1) is 10.2 Å². The highest BCUT2D eigenvalue weighted by Crippen LogP contribution is 2.46. The molecule has 2 aromatic heterocycles. The van der Waals surface area contributed by atoms with Gasteiger partial charge in [-0.05, 0) is 82.7 Å². The van der Waals surface area contributed by atoms with Crippen molar-refractivity contribution in [2.45, 2.75) is 83.2 Å². The molecule has 2 fully saturated rings. The summed E-state index contributed by atoms with van der Waals surface area (Å²) in [6.07, 6.45) is 0.644. The van der Waals surface area contributed by atoms with Gasteiger partial charge >= 0.3 is 0 Å². The number of aliphatic hydroxyl groups is 1. The van der Waals surface area contributed by atoms with Gasteiger partial charge in [0.1, 0.15) is 23.6 Å². The molecule has 1 saturated heterocycles. The second-order valence-electron chi connectivity index (χ2n) is 12.7. The Labute approximate surface area is 266 Å². The zero-order valence-electron chi connectivity index (χ0n) is 26.0. The molecule has 11 nitrogen and oxygen atoms in total. The average molecular weight is 636 g/mol. The monoisotopic (exact) mass is 635 g/mol. The van der Waals surface area contributed by atoms with Crippen LogP contribution in [0.2, 0.25) is 5.02 Å². The molecule has 0 spiro atoms. The molecule has 238 valence electrons. The van der Waals surface area contributed by atoms with Crippen LogP contribution >= 0.6 is 11.6 Å². The number of amides is 1. The van der Waals surface area contributed by atoms with Crippen LogP contribution in [-0.2, 0) is 16.6 Å². The summed E-state index contributed by atoms with van der Waals surface area (Å²) >= 11 is 6.26. The van der Waals surface area contributed by atoms with E-state index in [0.29, 0.717) is 53.4 Å². The minimum atomic E-state index is -0.868. The number of aromatic nitrogens is 4. The lowest BCUT2D eigenvalue weighted by molar-refractivity contribution is -0.145. The number of nitrogens with zero attached hydrogens (tertiary/aromatic N) is 4. The fraction of sp³-hybridized carbons (Fsp3) is 0.455. The van der Waals surface area contributed by atoms with E-state index in [9.17, 15) is 14.7 Å². The van der Waals surface area contributed by atoms with Crippen LogP contribution in [0.1, 0.15) is 77.0 Å². The van der Waals surface area contributed by atoms with Crippen molar-refractivity contribution in [3.05, 3.63) is 75.5 Å². The molecule has 0 bridgehead atoms. The van der Waals surface area contributed by atoms with Crippen LogP contribution in [0.5, 0.6) is 5.75 Å². The molecule has 12 heteroatoms. The van der Waals surface area contributed by atoms with Gasteiger partial charge in [0.25, 0.3) is 17.4 Å². The number of nitrogens with one attached hydrogen (secondary N) is 1. The van der Waals surface area contributed by atoms with Crippen LogP contribution in [0.3, 0.4) is 0 Å². The van der Waals surface area contributed by atoms with Crippen LogP contribution in [0.4, 0.5) is 5.69 Å². The average Bonchev–Trinajstić information content (AvgIpc) is 3.56. The standard InChI is InChI=1S/C33H38ClN5O6/c1-18(2)43-24-14-12-21(34)15-23(24)30-36-37-31(45-30)25-13-11-19(3)28(44-25)29(40)35-26-27(20-16-33(4,42)17-20)38(5)39(32(26)41)22-9-7-6-8-10-22/h6-10,12,14-15,18-20,25,28,42H,11,13,16-17H2,1-5H3,(H,35,40)/t19-,20-,25+,28?,33+/m0/s1. The third kappa shape index (κ3) is 6.16. The molecule has 1 saturated carbocycles. The molecule has 2 N–H and O–H groups in total. The largest absolute Gasteiger partial charge is 0.490 e. The second-order valence-corrected chi connectivity index (χ2v) is 13.1. The van der Waals surface area contributed by atoms with Gasteiger partial charge in [0.2, 0.25) is 5.89 Å². The molecule has 1 aliphatic heterocycles. The Kier molecular flexibility index (Phi) is 8.36. The fourth-order valence-electron chi connectivity index (χ4n) is 6.40. The maximum absolute atomic E-state index is 13.8. The molecule has 2 aromatic carbocycles. The lowest BCUT2D eigenvalue weighted by Crippen LogP contribution is -2.42. The van der Waals surface area contributed by atoms with Crippen molar-refractivity contribution < 1.29 is 23.8 Å². The smallest absolute Gasteiger partial charge is 0.295 e. The van der Waals surface area contributed by atoms with Gasteiger partial charge in [-0.1, -0.05) is 36.7 Å². The number of anilines is 1. The minimum Gasteiger partial charge on any atom is -0.490 e. The molecule has 4 aromatic rings. The number of halogens is 1. The normalized spacial score (nSPS) is 24.8. The topological polar surface area (TPSA) is 134 Å². The molecule has 2 aliphatic rings.